The van der Waals surface area contributed by atoms with Gasteiger partial charge in [0.25, 0.3) is 0 Å². The zero-order valence-corrected chi connectivity index (χ0v) is 34.9. The molecule has 4 aliphatic heterocycles. The molecule has 2 bridgehead atoms. The van der Waals surface area contributed by atoms with Crippen LogP contribution in [0, 0.1) is 11.8 Å². The quantitative estimate of drug-likeness (QED) is 0.0754. The van der Waals surface area contributed by atoms with E-state index in [9.17, 15) is 0 Å². The molecule has 1 aliphatic carbocycles. The number of allylic oxidation sites excluding steroid dienone is 2. The Hall–Kier alpha value is -0.333. The maximum Gasteiger partial charge on any atom is 0.200 e. The number of hydrogen-bond acceptors (Lipinski definition) is 6. The van der Waals surface area contributed by atoms with Crippen LogP contribution in [0.5, 0.6) is 0 Å². The van der Waals surface area contributed by atoms with Gasteiger partial charge in [0, 0.05) is 37.5 Å². The van der Waals surface area contributed by atoms with Crippen LogP contribution in [0.3, 0.4) is 0 Å². The van der Waals surface area contributed by atoms with E-state index in [2.05, 4.69) is 115 Å². The molecule has 49 heavy (non-hydrogen) atoms. The van der Waals surface area contributed by atoms with Crippen LogP contribution in [0.25, 0.3) is 0 Å². The van der Waals surface area contributed by atoms with Crippen molar-refractivity contribution >= 4 is 30.9 Å². The smallest absolute Gasteiger partial charge is 0.200 e. The van der Waals surface area contributed by atoms with E-state index in [0.29, 0.717) is 22.5 Å². The van der Waals surface area contributed by atoms with E-state index < -0.39 is 14.1 Å². The molecule has 1 saturated carbocycles. The lowest BCUT2D eigenvalue weighted by Crippen LogP contribution is -2.56. The van der Waals surface area contributed by atoms with Gasteiger partial charge >= 0.3 is 0 Å². The van der Waals surface area contributed by atoms with Crippen LogP contribution >= 0.6 is 22.6 Å². The highest BCUT2D eigenvalue weighted by Gasteiger charge is 2.55. The van der Waals surface area contributed by atoms with Gasteiger partial charge in [-0.3, -0.25) is 0 Å². The summed E-state index contributed by atoms with van der Waals surface area (Å²) in [4.78, 5) is 0. The molecule has 0 N–H and O–H groups in total. The van der Waals surface area contributed by atoms with Gasteiger partial charge in [0.2, 0.25) is 8.32 Å². The van der Waals surface area contributed by atoms with Gasteiger partial charge in [-0.15, -0.1) is 6.58 Å². The van der Waals surface area contributed by atoms with E-state index in [-0.39, 0.29) is 60.9 Å². The molecule has 0 aromatic carbocycles. The van der Waals surface area contributed by atoms with E-state index in [0.717, 1.165) is 57.8 Å². The number of fused-ring (bicyclic) bond motifs is 2. The Kier molecular flexibility index (Phi) is 14.4. The Balaban J connectivity index is 1.40. The maximum atomic E-state index is 7.63. The van der Waals surface area contributed by atoms with Crippen LogP contribution in [0.2, 0.25) is 16.6 Å². The van der Waals surface area contributed by atoms with Gasteiger partial charge in [0.1, 0.15) is 18.3 Å². The Labute approximate surface area is 313 Å². The molecular formula is C41H67IO6Si. The summed E-state index contributed by atoms with van der Waals surface area (Å²) in [6.45, 7) is 22.9. The molecule has 0 radical (unpaired) electrons. The molecule has 4 saturated heterocycles. The minimum atomic E-state index is -2.14. The van der Waals surface area contributed by atoms with Gasteiger partial charge in [-0.2, -0.15) is 0 Å². The molecule has 278 valence electrons. The van der Waals surface area contributed by atoms with Crippen LogP contribution in [0.1, 0.15) is 120 Å². The van der Waals surface area contributed by atoms with Gasteiger partial charge in [-0.05, 0) is 58.9 Å². The normalized spacial score (nSPS) is 38.4. The molecule has 0 aromatic heterocycles. The molecule has 5 rings (SSSR count). The van der Waals surface area contributed by atoms with Crippen LogP contribution in [0.4, 0.5) is 0 Å². The standard InChI is InChI=1S/C41H67IO6Si/c1-10-11-12-14-18-35-40(47-41(46-35)22-15-13-16-23-41)39-26-37(48-49(27(2)3,28(4)5)29(6)7)31(9)33(44-39)20-17-19-32-30(8)36-25-38(43-32)34(45-36)21-24-42/h10,14,17-19,21,24,27-40H,1,11-13,15-16,20,22-23,25-26H2,2-9H3/b18-14+,19-17+,24-21+/t30-,31-,32-,33+,34-,35-,36?,37-,38?,39-,40+/m0/s1. The Morgan fingerprint density at radius 2 is 1.43 bits per heavy atom. The molecule has 0 aromatic rings. The van der Waals surface area contributed by atoms with Crippen molar-refractivity contribution in [1.82, 2.24) is 0 Å². The Bertz CT molecular complexity index is 1130. The van der Waals surface area contributed by atoms with Crippen molar-refractivity contribution in [3.8, 4) is 0 Å². The minimum absolute atomic E-state index is 0.0108. The van der Waals surface area contributed by atoms with E-state index in [1.807, 2.05) is 10.2 Å². The molecule has 2 unspecified atom stereocenters. The predicted molar refractivity (Wildman–Crippen MR) is 211 cm³/mol. The van der Waals surface area contributed by atoms with Crippen LogP contribution in [-0.2, 0) is 28.1 Å². The van der Waals surface area contributed by atoms with Gasteiger partial charge < -0.3 is 28.1 Å². The molecular weight excluding hydrogens is 743 g/mol. The minimum Gasteiger partial charge on any atom is -0.413 e. The lowest BCUT2D eigenvalue weighted by molar-refractivity contribution is -0.216. The average Bonchev–Trinajstić information content (AvgIpc) is 3.59. The topological polar surface area (TPSA) is 55.4 Å². The Morgan fingerprint density at radius 1 is 0.755 bits per heavy atom. The second-order valence-corrected chi connectivity index (χ2v) is 22.7. The van der Waals surface area contributed by atoms with Crippen LogP contribution in [0.15, 0.2) is 47.1 Å². The van der Waals surface area contributed by atoms with Gasteiger partial charge in [0.15, 0.2) is 5.79 Å². The fraction of sp³-hybridized carbons (Fsp3) is 0.805. The summed E-state index contributed by atoms with van der Waals surface area (Å²) in [6, 6.07) is 0. The zero-order chi connectivity index (χ0) is 35.3. The fourth-order valence-corrected chi connectivity index (χ4v) is 15.8. The maximum absolute atomic E-state index is 7.63. The molecule has 11 atom stereocenters. The Morgan fingerprint density at radius 3 is 2.08 bits per heavy atom. The summed E-state index contributed by atoms with van der Waals surface area (Å²) in [6.07, 6.45) is 23.4. The summed E-state index contributed by atoms with van der Waals surface area (Å²) in [5.74, 6) is 0.0628. The molecule has 5 aliphatic rings. The van der Waals surface area contributed by atoms with Crippen molar-refractivity contribution in [3.63, 3.8) is 0 Å². The third kappa shape index (κ3) is 8.90. The van der Waals surface area contributed by atoms with E-state index in [1.54, 1.807) is 0 Å². The third-order valence-electron chi connectivity index (χ3n) is 12.5. The van der Waals surface area contributed by atoms with Gasteiger partial charge in [0.05, 0.1) is 36.6 Å². The number of rotatable bonds is 14. The van der Waals surface area contributed by atoms with Crippen molar-refractivity contribution in [2.75, 3.05) is 0 Å². The summed E-state index contributed by atoms with van der Waals surface area (Å²) in [5.41, 5.74) is 1.56. The molecule has 0 amide bonds. The zero-order valence-electron chi connectivity index (χ0n) is 31.7. The summed E-state index contributed by atoms with van der Waals surface area (Å²) < 4.78 is 43.7. The highest BCUT2D eigenvalue weighted by Crippen LogP contribution is 2.48. The van der Waals surface area contributed by atoms with Crippen molar-refractivity contribution in [3.05, 3.63) is 47.1 Å². The van der Waals surface area contributed by atoms with Crippen molar-refractivity contribution < 1.29 is 28.1 Å². The molecule has 1 spiro atoms. The number of hydrogen-bond donors (Lipinski definition) is 0. The van der Waals surface area contributed by atoms with E-state index >= 15 is 0 Å². The highest BCUT2D eigenvalue weighted by atomic mass is 127. The number of unbranched alkanes of at least 4 members (excludes halogenated alkanes) is 1. The van der Waals surface area contributed by atoms with Gasteiger partial charge in [-0.1, -0.05) is 115 Å². The molecule has 5 fully saturated rings. The first-order valence-electron chi connectivity index (χ1n) is 19.7. The predicted octanol–water partition coefficient (Wildman–Crippen LogP) is 10.8. The lowest BCUT2D eigenvalue weighted by atomic mass is 9.85. The average molecular weight is 811 g/mol. The second-order valence-electron chi connectivity index (χ2n) is 16.6. The summed E-state index contributed by atoms with van der Waals surface area (Å²) in [5, 5.41) is 0. The number of halogens is 1. The first kappa shape index (κ1) is 39.9. The fourth-order valence-electron chi connectivity index (χ4n) is 9.78. The van der Waals surface area contributed by atoms with Crippen molar-refractivity contribution in [2.24, 2.45) is 11.8 Å². The molecule has 8 heteroatoms. The van der Waals surface area contributed by atoms with Crippen molar-refractivity contribution in [1.29, 1.82) is 0 Å². The lowest BCUT2D eigenvalue weighted by Gasteiger charge is -2.50. The summed E-state index contributed by atoms with van der Waals surface area (Å²) >= 11 is 2.27. The molecule has 6 nitrogen and oxygen atoms in total. The van der Waals surface area contributed by atoms with Crippen LogP contribution < -0.4 is 0 Å². The van der Waals surface area contributed by atoms with E-state index in [4.69, 9.17) is 28.1 Å². The largest absolute Gasteiger partial charge is 0.413 e. The SMILES string of the molecule is C=CCC/C=C/[C@@H]1OC2(CCCCC2)O[C@H]1[C@@H]1C[C@H](O[Si](C(C)C)(C(C)C)C(C)C)[C@@H](C)[C@@H](C/C=C/[C@@H]2OC3CC(O[C@H]3/C=C/I)[C@H]2C)O1. The number of ether oxygens (including phenoxy) is 5. The first-order chi connectivity index (χ1) is 23.4. The second kappa shape index (κ2) is 17.7. The first-order valence-corrected chi connectivity index (χ1v) is 23.0. The molecule has 4 heterocycles. The van der Waals surface area contributed by atoms with Gasteiger partial charge in [-0.25, -0.2) is 0 Å². The highest BCUT2D eigenvalue weighted by molar-refractivity contribution is 14.1. The monoisotopic (exact) mass is 810 g/mol. The van der Waals surface area contributed by atoms with E-state index in [1.165, 1.54) is 6.42 Å². The summed E-state index contributed by atoms with van der Waals surface area (Å²) in [7, 11) is -2.14. The van der Waals surface area contributed by atoms with Crippen LogP contribution in [-0.4, -0.2) is 69.0 Å². The third-order valence-corrected chi connectivity index (χ3v) is 19.0. The van der Waals surface area contributed by atoms with Crippen molar-refractivity contribution in [2.45, 2.75) is 197 Å².